The zero-order chi connectivity index (χ0) is 15.1. The first-order chi connectivity index (χ1) is 9.99. The molecular formula is C14H14ClN3O2S. The van der Waals surface area contributed by atoms with Crippen LogP contribution in [0.2, 0.25) is 5.02 Å². The number of amides is 2. The van der Waals surface area contributed by atoms with Crippen molar-refractivity contribution >= 4 is 50.5 Å². The van der Waals surface area contributed by atoms with Gasteiger partial charge in [-0.15, -0.1) is 11.3 Å². The number of thiophene rings is 1. The number of benzene rings is 1. The summed E-state index contributed by atoms with van der Waals surface area (Å²) in [6.45, 7) is 0.878. The largest absolute Gasteiger partial charge is 0.397 e. The van der Waals surface area contributed by atoms with Crippen molar-refractivity contribution < 1.29 is 9.59 Å². The second-order valence-corrected chi connectivity index (χ2v) is 6.56. The van der Waals surface area contributed by atoms with Gasteiger partial charge in [0.15, 0.2) is 0 Å². The number of likely N-dealkylation sites (tertiary alicyclic amines) is 1. The first-order valence-corrected chi connectivity index (χ1v) is 7.73. The molecule has 1 aromatic heterocycles. The maximum absolute atomic E-state index is 12.6. The molecule has 0 radical (unpaired) electrons. The molecule has 1 saturated heterocycles. The normalized spacial score (nSPS) is 18.3. The van der Waals surface area contributed by atoms with Gasteiger partial charge in [-0.2, -0.15) is 0 Å². The monoisotopic (exact) mass is 323 g/mol. The minimum Gasteiger partial charge on any atom is -0.397 e. The molecule has 1 aromatic carbocycles. The van der Waals surface area contributed by atoms with E-state index in [1.807, 2.05) is 12.1 Å². The van der Waals surface area contributed by atoms with Gasteiger partial charge in [-0.3, -0.25) is 9.59 Å². The second kappa shape index (κ2) is 5.20. The summed E-state index contributed by atoms with van der Waals surface area (Å²) >= 11 is 7.47. The van der Waals surface area contributed by atoms with Crippen LogP contribution in [0.1, 0.15) is 16.1 Å². The Hall–Kier alpha value is -1.79. The number of rotatable bonds is 2. The smallest absolute Gasteiger partial charge is 0.266 e. The van der Waals surface area contributed by atoms with E-state index >= 15 is 0 Å². The van der Waals surface area contributed by atoms with Crippen molar-refractivity contribution in [3.05, 3.63) is 28.1 Å². The molecule has 0 aliphatic carbocycles. The SMILES string of the molecule is NC(=O)C1CCN(C(=O)c2sc3cccc(Cl)c3c2N)C1. The Balaban J connectivity index is 1.94. The van der Waals surface area contributed by atoms with Crippen molar-refractivity contribution in [2.75, 3.05) is 18.8 Å². The average Bonchev–Trinajstić information content (AvgIpc) is 3.04. The van der Waals surface area contributed by atoms with E-state index in [4.69, 9.17) is 23.1 Å². The zero-order valence-electron chi connectivity index (χ0n) is 11.1. The van der Waals surface area contributed by atoms with Gasteiger partial charge in [0.05, 0.1) is 16.6 Å². The van der Waals surface area contributed by atoms with Crippen molar-refractivity contribution in [1.29, 1.82) is 0 Å². The minimum atomic E-state index is -0.363. The summed E-state index contributed by atoms with van der Waals surface area (Å²) in [6, 6.07) is 5.46. The summed E-state index contributed by atoms with van der Waals surface area (Å²) in [5.74, 6) is -0.792. The van der Waals surface area contributed by atoms with Crippen LogP contribution < -0.4 is 11.5 Å². The number of hydrogen-bond acceptors (Lipinski definition) is 4. The molecule has 1 unspecified atom stereocenters. The topological polar surface area (TPSA) is 89.4 Å². The zero-order valence-corrected chi connectivity index (χ0v) is 12.7. The predicted octanol–water partition coefficient (Wildman–Crippen LogP) is 2.08. The number of hydrogen-bond donors (Lipinski definition) is 2. The maximum atomic E-state index is 12.6. The Bertz CT molecular complexity index is 743. The van der Waals surface area contributed by atoms with Gasteiger partial charge in [-0.05, 0) is 18.6 Å². The Morgan fingerprint density at radius 1 is 1.38 bits per heavy atom. The average molecular weight is 324 g/mol. The first kappa shape index (κ1) is 14.2. The van der Waals surface area contributed by atoms with Gasteiger partial charge in [0, 0.05) is 23.2 Å². The van der Waals surface area contributed by atoms with Crippen molar-refractivity contribution in [2.45, 2.75) is 6.42 Å². The molecule has 0 bridgehead atoms. The first-order valence-electron chi connectivity index (χ1n) is 6.54. The summed E-state index contributed by atoms with van der Waals surface area (Å²) in [5, 5.41) is 1.26. The van der Waals surface area contributed by atoms with Crippen molar-refractivity contribution in [3.63, 3.8) is 0 Å². The van der Waals surface area contributed by atoms with Gasteiger partial charge in [-0.25, -0.2) is 0 Å². The van der Waals surface area contributed by atoms with Gasteiger partial charge in [0.2, 0.25) is 5.91 Å². The van der Waals surface area contributed by atoms with Crippen molar-refractivity contribution in [1.82, 2.24) is 4.90 Å². The van der Waals surface area contributed by atoms with E-state index in [1.54, 1.807) is 11.0 Å². The van der Waals surface area contributed by atoms with Crippen LogP contribution in [0.3, 0.4) is 0 Å². The van der Waals surface area contributed by atoms with Gasteiger partial charge in [0.1, 0.15) is 4.88 Å². The Labute approximate surface area is 130 Å². The van der Waals surface area contributed by atoms with Crippen LogP contribution in [-0.2, 0) is 4.79 Å². The van der Waals surface area contributed by atoms with Gasteiger partial charge in [0.25, 0.3) is 5.91 Å². The Morgan fingerprint density at radius 3 is 2.76 bits per heavy atom. The van der Waals surface area contributed by atoms with Gasteiger partial charge < -0.3 is 16.4 Å². The number of nitrogen functional groups attached to an aromatic ring is 1. The van der Waals surface area contributed by atoms with E-state index < -0.39 is 0 Å². The number of halogens is 1. The fraction of sp³-hybridized carbons (Fsp3) is 0.286. The van der Waals surface area contributed by atoms with E-state index in [2.05, 4.69) is 0 Å². The number of carbonyl (C=O) groups excluding carboxylic acids is 2. The lowest BCUT2D eigenvalue weighted by Gasteiger charge is -2.15. The van der Waals surface area contributed by atoms with Crippen LogP contribution in [0.25, 0.3) is 10.1 Å². The van der Waals surface area contributed by atoms with E-state index in [-0.39, 0.29) is 17.7 Å². The number of fused-ring (bicyclic) bond motifs is 1. The standard InChI is InChI=1S/C14H14ClN3O2S/c15-8-2-1-3-9-10(8)11(16)12(21-9)14(20)18-5-4-7(6-18)13(17)19/h1-3,7H,4-6,16H2,(H2,17,19). The fourth-order valence-electron chi connectivity index (χ4n) is 2.61. The molecule has 0 saturated carbocycles. The highest BCUT2D eigenvalue weighted by Crippen LogP contribution is 2.39. The third-order valence-electron chi connectivity index (χ3n) is 3.77. The number of anilines is 1. The van der Waals surface area contributed by atoms with Crippen LogP contribution in [0.15, 0.2) is 18.2 Å². The van der Waals surface area contributed by atoms with E-state index in [0.717, 1.165) is 10.1 Å². The molecule has 0 spiro atoms. The highest BCUT2D eigenvalue weighted by molar-refractivity contribution is 7.21. The third-order valence-corrected chi connectivity index (χ3v) is 5.25. The van der Waals surface area contributed by atoms with E-state index in [0.29, 0.717) is 35.1 Å². The van der Waals surface area contributed by atoms with Crippen LogP contribution >= 0.6 is 22.9 Å². The summed E-state index contributed by atoms with van der Waals surface area (Å²) in [5.41, 5.74) is 11.8. The molecule has 1 aliphatic rings. The Morgan fingerprint density at radius 2 is 2.14 bits per heavy atom. The van der Waals surface area contributed by atoms with E-state index in [1.165, 1.54) is 11.3 Å². The molecule has 2 aromatic rings. The van der Waals surface area contributed by atoms with Crippen molar-refractivity contribution in [2.24, 2.45) is 11.7 Å². The number of nitrogens with zero attached hydrogens (tertiary/aromatic N) is 1. The van der Waals surface area contributed by atoms with E-state index in [9.17, 15) is 9.59 Å². The molecule has 110 valence electrons. The molecule has 4 N–H and O–H groups in total. The molecule has 2 heterocycles. The highest BCUT2D eigenvalue weighted by Gasteiger charge is 2.32. The molecular weight excluding hydrogens is 310 g/mol. The summed E-state index contributed by atoms with van der Waals surface area (Å²) in [7, 11) is 0. The summed E-state index contributed by atoms with van der Waals surface area (Å²) in [6.07, 6.45) is 0.604. The molecule has 1 fully saturated rings. The van der Waals surface area contributed by atoms with Crippen LogP contribution in [0, 0.1) is 5.92 Å². The minimum absolute atomic E-state index is 0.159. The molecule has 1 atom stereocenters. The van der Waals surface area contributed by atoms with Gasteiger partial charge >= 0.3 is 0 Å². The lowest BCUT2D eigenvalue weighted by Crippen LogP contribution is -2.31. The van der Waals surface area contributed by atoms with Crippen LogP contribution in [0.5, 0.6) is 0 Å². The van der Waals surface area contributed by atoms with Gasteiger partial charge in [-0.1, -0.05) is 17.7 Å². The number of primary amides is 1. The lowest BCUT2D eigenvalue weighted by molar-refractivity contribution is -0.121. The highest BCUT2D eigenvalue weighted by atomic mass is 35.5. The molecule has 1 aliphatic heterocycles. The molecule has 2 amide bonds. The summed E-state index contributed by atoms with van der Waals surface area (Å²) < 4.78 is 0.883. The van der Waals surface area contributed by atoms with Crippen LogP contribution in [0.4, 0.5) is 5.69 Å². The number of nitrogens with two attached hydrogens (primary N) is 2. The molecule has 7 heteroatoms. The molecule has 3 rings (SSSR count). The fourth-order valence-corrected chi connectivity index (χ4v) is 4.06. The second-order valence-electron chi connectivity index (χ2n) is 5.10. The molecule has 21 heavy (non-hydrogen) atoms. The quantitative estimate of drug-likeness (QED) is 0.886. The van der Waals surface area contributed by atoms with Crippen molar-refractivity contribution in [3.8, 4) is 0 Å². The predicted molar refractivity (Wildman–Crippen MR) is 84.5 cm³/mol. The molecule has 5 nitrogen and oxygen atoms in total. The maximum Gasteiger partial charge on any atom is 0.266 e. The lowest BCUT2D eigenvalue weighted by atomic mass is 10.1. The number of carbonyl (C=O) groups is 2. The van der Waals surface area contributed by atoms with Crippen LogP contribution in [-0.4, -0.2) is 29.8 Å². The third kappa shape index (κ3) is 2.34. The Kier molecular flexibility index (Phi) is 3.51. The summed E-state index contributed by atoms with van der Waals surface area (Å²) in [4.78, 5) is 25.9.